The highest BCUT2D eigenvalue weighted by Gasteiger charge is 2.34. The van der Waals surface area contributed by atoms with E-state index in [0.717, 1.165) is 37.5 Å². The highest BCUT2D eigenvalue weighted by molar-refractivity contribution is 5.85. The smallest absolute Gasteiger partial charge is 0.406 e. The van der Waals surface area contributed by atoms with E-state index in [0.29, 0.717) is 0 Å². The molecule has 1 aliphatic carbocycles. The number of hydrogen-bond acceptors (Lipinski definition) is 3. The van der Waals surface area contributed by atoms with Crippen molar-refractivity contribution in [3.05, 3.63) is 29.6 Å². The van der Waals surface area contributed by atoms with E-state index in [1.165, 1.54) is 0 Å². The molecule has 1 fully saturated rings. The number of nitrogens with two attached hydrogens (primary N) is 1. The Balaban J connectivity index is 0.00000220. The molecule has 0 spiro atoms. The molecule has 0 unspecified atom stereocenters. The molecular weight excluding hydrogens is 314 g/mol. The topological polar surface area (TPSA) is 55.5 Å². The molecule has 0 heterocycles. The van der Waals surface area contributed by atoms with Crippen LogP contribution in [0, 0.1) is 11.7 Å². The fourth-order valence-electron chi connectivity index (χ4n) is 2.23. The first kappa shape index (κ1) is 18.0. The average molecular weight is 330 g/mol. The number of benzene rings is 1. The van der Waals surface area contributed by atoms with E-state index in [9.17, 15) is 22.7 Å². The molecule has 1 aromatic carbocycles. The predicted molar refractivity (Wildman–Crippen MR) is 70.6 cm³/mol. The Bertz CT molecular complexity index is 480. The zero-order valence-electron chi connectivity index (χ0n) is 10.9. The lowest BCUT2D eigenvalue weighted by Gasteiger charge is -2.34. The van der Waals surface area contributed by atoms with Crippen molar-refractivity contribution >= 4 is 12.4 Å². The van der Waals surface area contributed by atoms with Gasteiger partial charge < -0.3 is 15.6 Å². The van der Waals surface area contributed by atoms with Gasteiger partial charge in [-0.3, -0.25) is 0 Å². The summed E-state index contributed by atoms with van der Waals surface area (Å²) >= 11 is 0. The van der Waals surface area contributed by atoms with Gasteiger partial charge in [-0.25, -0.2) is 4.39 Å². The molecule has 0 bridgehead atoms. The van der Waals surface area contributed by atoms with E-state index in [1.807, 2.05) is 0 Å². The van der Waals surface area contributed by atoms with Gasteiger partial charge in [0.05, 0.1) is 12.1 Å². The van der Waals surface area contributed by atoms with E-state index < -0.39 is 30.1 Å². The minimum Gasteiger partial charge on any atom is -0.406 e. The molecule has 1 aliphatic rings. The number of aliphatic hydroxyl groups excluding tert-OH is 1. The minimum atomic E-state index is -4.86. The SMILES string of the molecule is Cl.N[C@@H](c1cc(OC(F)(F)F)ccc1F)[C@H](O)C1CCC1. The van der Waals surface area contributed by atoms with Crippen molar-refractivity contribution in [3.8, 4) is 5.75 Å². The van der Waals surface area contributed by atoms with Crippen molar-refractivity contribution in [2.24, 2.45) is 11.7 Å². The van der Waals surface area contributed by atoms with Gasteiger partial charge in [0.25, 0.3) is 0 Å². The Kier molecular flexibility index (Phi) is 5.83. The third kappa shape index (κ3) is 4.46. The molecule has 0 radical (unpaired) electrons. The lowest BCUT2D eigenvalue weighted by atomic mass is 9.77. The zero-order chi connectivity index (χ0) is 14.9. The van der Waals surface area contributed by atoms with Crippen LogP contribution in [0.3, 0.4) is 0 Å². The molecular formula is C13H16ClF4NO2. The number of hydrogen-bond donors (Lipinski definition) is 2. The molecule has 3 nitrogen and oxygen atoms in total. The molecule has 1 aromatic rings. The van der Waals surface area contributed by atoms with Gasteiger partial charge in [-0.2, -0.15) is 0 Å². The van der Waals surface area contributed by atoms with E-state index in [-0.39, 0.29) is 23.9 Å². The molecule has 8 heteroatoms. The maximum absolute atomic E-state index is 13.7. The van der Waals surface area contributed by atoms with Crippen LogP contribution in [-0.2, 0) is 0 Å². The van der Waals surface area contributed by atoms with E-state index in [2.05, 4.69) is 4.74 Å². The summed E-state index contributed by atoms with van der Waals surface area (Å²) in [7, 11) is 0. The van der Waals surface area contributed by atoms with Gasteiger partial charge in [0.15, 0.2) is 0 Å². The van der Waals surface area contributed by atoms with Crippen LogP contribution in [0.4, 0.5) is 17.6 Å². The quantitative estimate of drug-likeness (QED) is 0.833. The van der Waals surface area contributed by atoms with Crippen LogP contribution < -0.4 is 10.5 Å². The van der Waals surface area contributed by atoms with Gasteiger partial charge in [0, 0.05) is 5.56 Å². The highest BCUT2D eigenvalue weighted by atomic mass is 35.5. The Labute approximate surface area is 125 Å². The fraction of sp³-hybridized carbons (Fsp3) is 0.538. The first-order valence-corrected chi connectivity index (χ1v) is 6.27. The lowest BCUT2D eigenvalue weighted by molar-refractivity contribution is -0.274. The van der Waals surface area contributed by atoms with E-state index in [4.69, 9.17) is 5.73 Å². The summed E-state index contributed by atoms with van der Waals surface area (Å²) in [6.45, 7) is 0. The van der Waals surface area contributed by atoms with Crippen LogP contribution in [0.25, 0.3) is 0 Å². The lowest BCUT2D eigenvalue weighted by Crippen LogP contribution is -2.37. The molecule has 1 saturated carbocycles. The second kappa shape index (κ2) is 6.81. The first-order valence-electron chi connectivity index (χ1n) is 6.27. The molecule has 3 N–H and O–H groups in total. The van der Waals surface area contributed by atoms with Crippen molar-refractivity contribution in [1.29, 1.82) is 0 Å². The second-order valence-electron chi connectivity index (χ2n) is 4.94. The Hall–Kier alpha value is -1.05. The molecule has 2 rings (SSSR count). The monoisotopic (exact) mass is 329 g/mol. The van der Waals surface area contributed by atoms with Gasteiger partial charge in [-0.1, -0.05) is 6.42 Å². The molecule has 21 heavy (non-hydrogen) atoms. The predicted octanol–water partition coefficient (Wildman–Crippen LogP) is 3.31. The largest absolute Gasteiger partial charge is 0.573 e. The number of ether oxygens (including phenoxy) is 1. The number of alkyl halides is 3. The van der Waals surface area contributed by atoms with Gasteiger partial charge in [-0.15, -0.1) is 25.6 Å². The van der Waals surface area contributed by atoms with Gasteiger partial charge in [0.2, 0.25) is 0 Å². The van der Waals surface area contributed by atoms with Crippen LogP contribution in [0.15, 0.2) is 18.2 Å². The third-order valence-electron chi connectivity index (χ3n) is 3.56. The van der Waals surface area contributed by atoms with Crippen LogP contribution in [0.2, 0.25) is 0 Å². The van der Waals surface area contributed by atoms with Crippen molar-refractivity contribution < 1.29 is 27.4 Å². The summed E-state index contributed by atoms with van der Waals surface area (Å²) < 4.78 is 53.8. The van der Waals surface area contributed by atoms with Gasteiger partial charge in [0.1, 0.15) is 11.6 Å². The molecule has 120 valence electrons. The average Bonchev–Trinajstić information content (AvgIpc) is 2.26. The van der Waals surface area contributed by atoms with Crippen molar-refractivity contribution in [2.45, 2.75) is 37.8 Å². The minimum absolute atomic E-state index is 0. The van der Waals surface area contributed by atoms with Crippen LogP contribution in [0.1, 0.15) is 30.9 Å². The van der Waals surface area contributed by atoms with Crippen LogP contribution in [-0.4, -0.2) is 17.6 Å². The number of halogens is 5. The van der Waals surface area contributed by atoms with Crippen LogP contribution in [0.5, 0.6) is 5.75 Å². The van der Waals surface area contributed by atoms with Gasteiger partial charge >= 0.3 is 6.36 Å². The standard InChI is InChI=1S/C13H15F4NO2.ClH/c14-10-5-4-8(20-13(15,16)17)6-9(10)11(18)12(19)7-2-1-3-7;/h4-7,11-12,19H,1-3,18H2;1H/t11-,12+;/m0./s1. The van der Waals surface area contributed by atoms with E-state index in [1.54, 1.807) is 0 Å². The molecule has 0 amide bonds. The Morgan fingerprint density at radius 3 is 2.38 bits per heavy atom. The molecule has 0 aromatic heterocycles. The van der Waals surface area contributed by atoms with Gasteiger partial charge in [-0.05, 0) is 37.0 Å². The summed E-state index contributed by atoms with van der Waals surface area (Å²) in [4.78, 5) is 0. The summed E-state index contributed by atoms with van der Waals surface area (Å²) in [5.41, 5.74) is 5.58. The first-order chi connectivity index (χ1) is 9.28. The molecule has 0 aliphatic heterocycles. The van der Waals surface area contributed by atoms with Crippen LogP contribution >= 0.6 is 12.4 Å². The number of aliphatic hydroxyl groups is 1. The van der Waals surface area contributed by atoms with Crippen molar-refractivity contribution in [2.75, 3.05) is 0 Å². The Morgan fingerprint density at radius 1 is 1.29 bits per heavy atom. The summed E-state index contributed by atoms with van der Waals surface area (Å²) in [6.07, 6.45) is -3.29. The van der Waals surface area contributed by atoms with Crippen molar-refractivity contribution in [3.63, 3.8) is 0 Å². The maximum atomic E-state index is 13.7. The molecule has 0 saturated heterocycles. The second-order valence-corrected chi connectivity index (χ2v) is 4.94. The summed E-state index contributed by atoms with van der Waals surface area (Å²) in [6, 6.07) is 1.53. The normalized spacial score (nSPS) is 18.4. The summed E-state index contributed by atoms with van der Waals surface area (Å²) in [5, 5.41) is 9.98. The van der Waals surface area contributed by atoms with E-state index >= 15 is 0 Å². The number of rotatable bonds is 4. The Morgan fingerprint density at radius 2 is 1.90 bits per heavy atom. The molecule has 2 atom stereocenters. The zero-order valence-corrected chi connectivity index (χ0v) is 11.8. The third-order valence-corrected chi connectivity index (χ3v) is 3.56. The van der Waals surface area contributed by atoms with Crippen molar-refractivity contribution in [1.82, 2.24) is 0 Å². The maximum Gasteiger partial charge on any atom is 0.573 e. The summed E-state index contributed by atoms with van der Waals surface area (Å²) in [5.74, 6) is -1.34. The highest BCUT2D eigenvalue weighted by Crippen LogP contribution is 2.36. The fourth-order valence-corrected chi connectivity index (χ4v) is 2.23.